The molecule has 0 aliphatic heterocycles. The zero-order valence-electron chi connectivity index (χ0n) is 8.63. The minimum absolute atomic E-state index is 0.684. The Balaban J connectivity index is 1.77. The molecule has 0 amide bonds. The van der Waals surface area contributed by atoms with Gasteiger partial charge in [-0.3, -0.25) is 0 Å². The van der Waals surface area contributed by atoms with Crippen molar-refractivity contribution in [3.63, 3.8) is 0 Å². The minimum Gasteiger partial charge on any atom is -0.308 e. The Labute approximate surface area is 81.6 Å². The maximum absolute atomic E-state index is 3.76. The summed E-state index contributed by atoms with van der Waals surface area (Å²) in [6.45, 7) is 2.37. The van der Waals surface area contributed by atoms with Gasteiger partial charge in [0.25, 0.3) is 0 Å². The third-order valence-electron chi connectivity index (χ3n) is 3.40. The van der Waals surface area contributed by atoms with E-state index in [1.54, 1.807) is 0 Å². The SMILES string of the molecule is CC1CCC(NC2C=CCCC2)C1. The first kappa shape index (κ1) is 9.26. The molecule has 1 N–H and O–H groups in total. The number of nitrogens with one attached hydrogen (secondary N) is 1. The first-order valence-corrected chi connectivity index (χ1v) is 5.77. The van der Waals surface area contributed by atoms with Gasteiger partial charge in [0.2, 0.25) is 0 Å². The third-order valence-corrected chi connectivity index (χ3v) is 3.40. The molecule has 0 aromatic carbocycles. The zero-order chi connectivity index (χ0) is 9.10. The second-order valence-electron chi connectivity index (χ2n) is 4.75. The lowest BCUT2D eigenvalue weighted by molar-refractivity contribution is 0.433. The van der Waals surface area contributed by atoms with Crippen molar-refractivity contribution in [2.24, 2.45) is 5.92 Å². The zero-order valence-corrected chi connectivity index (χ0v) is 8.63. The lowest BCUT2D eigenvalue weighted by atomic mass is 10.0. The van der Waals surface area contributed by atoms with Crippen LogP contribution in [0.15, 0.2) is 12.2 Å². The fourth-order valence-electron chi connectivity index (χ4n) is 2.61. The van der Waals surface area contributed by atoms with Crippen LogP contribution in [0.4, 0.5) is 0 Å². The average molecular weight is 179 g/mol. The van der Waals surface area contributed by atoms with Crippen molar-refractivity contribution in [2.45, 2.75) is 57.5 Å². The van der Waals surface area contributed by atoms with E-state index in [2.05, 4.69) is 24.4 Å². The van der Waals surface area contributed by atoms with E-state index in [4.69, 9.17) is 0 Å². The molecule has 0 heterocycles. The summed E-state index contributed by atoms with van der Waals surface area (Å²) in [5.41, 5.74) is 0. The van der Waals surface area contributed by atoms with E-state index in [0.29, 0.717) is 6.04 Å². The van der Waals surface area contributed by atoms with Crippen LogP contribution in [-0.4, -0.2) is 12.1 Å². The predicted molar refractivity (Wildman–Crippen MR) is 56.7 cm³/mol. The van der Waals surface area contributed by atoms with Crippen LogP contribution in [0.2, 0.25) is 0 Å². The number of hydrogen-bond acceptors (Lipinski definition) is 1. The average Bonchev–Trinajstić information content (AvgIpc) is 2.53. The van der Waals surface area contributed by atoms with Crippen LogP contribution in [0.25, 0.3) is 0 Å². The molecule has 1 heteroatoms. The first-order valence-electron chi connectivity index (χ1n) is 5.77. The Bertz CT molecular complexity index is 186. The van der Waals surface area contributed by atoms with E-state index < -0.39 is 0 Å². The number of rotatable bonds is 2. The monoisotopic (exact) mass is 179 g/mol. The molecule has 0 saturated heterocycles. The summed E-state index contributed by atoms with van der Waals surface area (Å²) in [4.78, 5) is 0. The highest BCUT2D eigenvalue weighted by atomic mass is 15.0. The second-order valence-corrected chi connectivity index (χ2v) is 4.75. The van der Waals surface area contributed by atoms with Gasteiger partial charge in [0.05, 0.1) is 0 Å². The normalized spacial score (nSPS) is 39.6. The molecule has 3 unspecified atom stereocenters. The van der Waals surface area contributed by atoms with E-state index in [9.17, 15) is 0 Å². The fourth-order valence-corrected chi connectivity index (χ4v) is 2.61. The summed E-state index contributed by atoms with van der Waals surface area (Å²) in [6, 6.07) is 1.49. The highest BCUT2D eigenvalue weighted by Gasteiger charge is 2.22. The van der Waals surface area contributed by atoms with E-state index in [-0.39, 0.29) is 0 Å². The van der Waals surface area contributed by atoms with E-state index in [1.165, 1.54) is 38.5 Å². The second kappa shape index (κ2) is 4.28. The Morgan fingerprint density at radius 3 is 2.77 bits per heavy atom. The largest absolute Gasteiger partial charge is 0.308 e. The molecule has 13 heavy (non-hydrogen) atoms. The first-order chi connectivity index (χ1) is 6.34. The molecule has 74 valence electrons. The van der Waals surface area contributed by atoms with Crippen LogP contribution in [0.5, 0.6) is 0 Å². The molecule has 1 nitrogen and oxygen atoms in total. The Morgan fingerprint density at radius 2 is 2.15 bits per heavy atom. The van der Waals surface area contributed by atoms with Gasteiger partial charge in [-0.1, -0.05) is 19.1 Å². The summed E-state index contributed by atoms with van der Waals surface area (Å²) in [7, 11) is 0. The minimum atomic E-state index is 0.684. The summed E-state index contributed by atoms with van der Waals surface area (Å²) < 4.78 is 0. The van der Waals surface area contributed by atoms with Crippen LogP contribution in [-0.2, 0) is 0 Å². The van der Waals surface area contributed by atoms with Gasteiger partial charge in [0.15, 0.2) is 0 Å². The number of hydrogen-bond donors (Lipinski definition) is 1. The van der Waals surface area contributed by atoms with Gasteiger partial charge in [-0.15, -0.1) is 0 Å². The summed E-state index contributed by atoms with van der Waals surface area (Å²) >= 11 is 0. The molecule has 0 aromatic rings. The van der Waals surface area contributed by atoms with Gasteiger partial charge in [-0.05, 0) is 44.4 Å². The molecule has 1 saturated carbocycles. The molecule has 3 atom stereocenters. The Hall–Kier alpha value is -0.300. The Morgan fingerprint density at radius 1 is 1.23 bits per heavy atom. The molecule has 0 spiro atoms. The molecular weight excluding hydrogens is 158 g/mol. The van der Waals surface area contributed by atoms with Crippen molar-refractivity contribution in [2.75, 3.05) is 0 Å². The van der Waals surface area contributed by atoms with Crippen molar-refractivity contribution >= 4 is 0 Å². The van der Waals surface area contributed by atoms with E-state index in [1.807, 2.05) is 0 Å². The molecule has 0 radical (unpaired) electrons. The smallest absolute Gasteiger partial charge is 0.0252 e. The quantitative estimate of drug-likeness (QED) is 0.643. The molecule has 2 aliphatic carbocycles. The molecule has 2 rings (SSSR count). The predicted octanol–water partition coefficient (Wildman–Crippen LogP) is 2.87. The summed E-state index contributed by atoms with van der Waals surface area (Å²) in [6.07, 6.45) is 12.9. The number of allylic oxidation sites excluding steroid dienone is 1. The van der Waals surface area contributed by atoms with Gasteiger partial charge in [0.1, 0.15) is 0 Å². The highest BCUT2D eigenvalue weighted by molar-refractivity contribution is 4.99. The fraction of sp³-hybridized carbons (Fsp3) is 0.833. The third kappa shape index (κ3) is 2.57. The lowest BCUT2D eigenvalue weighted by Gasteiger charge is -2.22. The van der Waals surface area contributed by atoms with Gasteiger partial charge < -0.3 is 5.32 Å². The van der Waals surface area contributed by atoms with Crippen LogP contribution < -0.4 is 5.32 Å². The maximum Gasteiger partial charge on any atom is 0.0252 e. The molecule has 0 bridgehead atoms. The molecule has 1 fully saturated rings. The van der Waals surface area contributed by atoms with E-state index in [0.717, 1.165) is 12.0 Å². The van der Waals surface area contributed by atoms with Gasteiger partial charge in [0, 0.05) is 12.1 Å². The topological polar surface area (TPSA) is 12.0 Å². The van der Waals surface area contributed by atoms with Crippen molar-refractivity contribution < 1.29 is 0 Å². The standard InChI is InChI=1S/C12H21N/c1-10-7-8-12(9-10)13-11-5-3-2-4-6-11/h3,5,10-13H,2,4,6-9H2,1H3. The summed E-state index contributed by atoms with van der Waals surface area (Å²) in [5.74, 6) is 0.949. The highest BCUT2D eigenvalue weighted by Crippen LogP contribution is 2.25. The molecular formula is C12H21N. The van der Waals surface area contributed by atoms with Gasteiger partial charge in [-0.2, -0.15) is 0 Å². The molecule has 2 aliphatic rings. The van der Waals surface area contributed by atoms with Crippen LogP contribution in [0.3, 0.4) is 0 Å². The summed E-state index contributed by atoms with van der Waals surface area (Å²) in [5, 5.41) is 3.76. The lowest BCUT2D eigenvalue weighted by Crippen LogP contribution is -2.36. The Kier molecular flexibility index (Phi) is 3.05. The van der Waals surface area contributed by atoms with Crippen LogP contribution in [0, 0.1) is 5.92 Å². The van der Waals surface area contributed by atoms with Crippen molar-refractivity contribution in [3.8, 4) is 0 Å². The van der Waals surface area contributed by atoms with Gasteiger partial charge in [-0.25, -0.2) is 0 Å². The van der Waals surface area contributed by atoms with Crippen molar-refractivity contribution in [1.82, 2.24) is 5.32 Å². The van der Waals surface area contributed by atoms with Crippen LogP contribution in [0.1, 0.15) is 45.4 Å². The van der Waals surface area contributed by atoms with Crippen molar-refractivity contribution in [3.05, 3.63) is 12.2 Å². The molecule has 0 aromatic heterocycles. The maximum atomic E-state index is 3.76. The van der Waals surface area contributed by atoms with E-state index >= 15 is 0 Å². The van der Waals surface area contributed by atoms with Crippen molar-refractivity contribution in [1.29, 1.82) is 0 Å². The van der Waals surface area contributed by atoms with Crippen LogP contribution >= 0.6 is 0 Å². The van der Waals surface area contributed by atoms with Gasteiger partial charge >= 0.3 is 0 Å².